The molecule has 0 unspecified atom stereocenters. The van der Waals surface area contributed by atoms with E-state index in [0.29, 0.717) is 28.7 Å². The summed E-state index contributed by atoms with van der Waals surface area (Å²) < 4.78 is 26.6. The minimum atomic E-state index is -0.469. The highest BCUT2D eigenvalue weighted by atomic mass is 32.1. The average Bonchev–Trinajstić information content (AvgIpc) is 3.29. The Labute approximate surface area is 184 Å². The van der Waals surface area contributed by atoms with Gasteiger partial charge in [0.25, 0.3) is 0 Å². The van der Waals surface area contributed by atoms with Gasteiger partial charge in [-0.2, -0.15) is 0 Å². The van der Waals surface area contributed by atoms with Crippen LogP contribution < -0.4 is 18.9 Å². The molecule has 1 heterocycles. The van der Waals surface area contributed by atoms with Crippen LogP contribution in [0.3, 0.4) is 0 Å². The number of rotatable bonds is 9. The molecule has 0 aliphatic rings. The van der Waals surface area contributed by atoms with Crippen molar-refractivity contribution >= 4 is 23.4 Å². The first-order valence-corrected chi connectivity index (χ1v) is 10.2. The van der Waals surface area contributed by atoms with E-state index in [1.165, 1.54) is 17.4 Å². The number of carbonyl (C=O) groups excluding carboxylic acids is 1. The van der Waals surface area contributed by atoms with E-state index in [-0.39, 0.29) is 6.61 Å². The molecule has 0 atom stereocenters. The van der Waals surface area contributed by atoms with E-state index >= 15 is 0 Å². The van der Waals surface area contributed by atoms with Crippen LogP contribution in [-0.4, -0.2) is 39.4 Å². The molecule has 1 aromatic heterocycles. The summed E-state index contributed by atoms with van der Waals surface area (Å²) in [6.45, 7) is 0.0674. The Hall–Kier alpha value is -3.52. The van der Waals surface area contributed by atoms with Gasteiger partial charge in [-0.15, -0.1) is 11.3 Å². The van der Waals surface area contributed by atoms with Crippen LogP contribution in [-0.2, 0) is 16.1 Å². The number of methoxy groups -OCH3 is 4. The highest BCUT2D eigenvalue weighted by Crippen LogP contribution is 2.39. The Morgan fingerprint density at radius 3 is 2.45 bits per heavy atom. The number of thiazole rings is 1. The van der Waals surface area contributed by atoms with E-state index in [4.69, 9.17) is 23.7 Å². The summed E-state index contributed by atoms with van der Waals surface area (Å²) in [6.07, 6.45) is 3.01. The number of nitrogens with zero attached hydrogens (tertiary/aromatic N) is 1. The van der Waals surface area contributed by atoms with Crippen molar-refractivity contribution in [1.82, 2.24) is 4.98 Å². The molecule has 0 fully saturated rings. The van der Waals surface area contributed by atoms with E-state index in [1.54, 1.807) is 46.6 Å². The highest BCUT2D eigenvalue weighted by molar-refractivity contribution is 7.13. The monoisotopic (exact) mass is 441 g/mol. The third kappa shape index (κ3) is 5.35. The molecule has 0 saturated heterocycles. The molecule has 3 rings (SSSR count). The van der Waals surface area contributed by atoms with Gasteiger partial charge in [0.2, 0.25) is 0 Å². The summed E-state index contributed by atoms with van der Waals surface area (Å²) in [6, 6.07) is 11.0. The van der Waals surface area contributed by atoms with Gasteiger partial charge in [-0.05, 0) is 35.9 Å². The molecule has 0 spiro atoms. The molecule has 8 heteroatoms. The van der Waals surface area contributed by atoms with Gasteiger partial charge in [0.1, 0.15) is 11.6 Å². The van der Waals surface area contributed by atoms with Gasteiger partial charge in [0, 0.05) is 11.5 Å². The van der Waals surface area contributed by atoms with Crippen molar-refractivity contribution in [2.75, 3.05) is 28.4 Å². The summed E-state index contributed by atoms with van der Waals surface area (Å²) in [5.41, 5.74) is 2.26. The molecular weight excluding hydrogens is 418 g/mol. The maximum atomic E-state index is 12.1. The first-order valence-electron chi connectivity index (χ1n) is 9.32. The molecule has 31 heavy (non-hydrogen) atoms. The van der Waals surface area contributed by atoms with Gasteiger partial charge >= 0.3 is 5.97 Å². The lowest BCUT2D eigenvalue weighted by molar-refractivity contribution is -0.139. The van der Waals surface area contributed by atoms with Crippen LogP contribution in [0.15, 0.2) is 47.9 Å². The summed E-state index contributed by atoms with van der Waals surface area (Å²) in [5.74, 6) is 1.97. The molecular formula is C23H23NO6S. The summed E-state index contributed by atoms with van der Waals surface area (Å²) in [7, 11) is 6.30. The number of esters is 1. The molecule has 7 nitrogen and oxygen atoms in total. The molecule has 0 radical (unpaired) electrons. The zero-order valence-corrected chi connectivity index (χ0v) is 18.5. The Morgan fingerprint density at radius 2 is 1.74 bits per heavy atom. The summed E-state index contributed by atoms with van der Waals surface area (Å²) >= 11 is 1.44. The third-order valence-electron chi connectivity index (χ3n) is 4.37. The normalized spacial score (nSPS) is 10.7. The average molecular weight is 442 g/mol. The third-order valence-corrected chi connectivity index (χ3v) is 5.29. The van der Waals surface area contributed by atoms with E-state index in [9.17, 15) is 4.79 Å². The van der Waals surface area contributed by atoms with Gasteiger partial charge in [0.05, 0.1) is 39.7 Å². The number of hydrogen-bond donors (Lipinski definition) is 0. The van der Waals surface area contributed by atoms with Gasteiger partial charge in [0.15, 0.2) is 23.0 Å². The SMILES string of the molecule is COc1ccc(/C=C/C(=O)OCc2csc(-c3cccc(OC)c3OC)n2)cc1OC. The fraction of sp³-hybridized carbons (Fsp3) is 0.217. The van der Waals surface area contributed by atoms with Crippen molar-refractivity contribution < 1.29 is 28.5 Å². The zero-order valence-electron chi connectivity index (χ0n) is 17.7. The smallest absolute Gasteiger partial charge is 0.331 e. The van der Waals surface area contributed by atoms with Crippen LogP contribution in [0.25, 0.3) is 16.6 Å². The van der Waals surface area contributed by atoms with Crippen LogP contribution in [0.4, 0.5) is 0 Å². The van der Waals surface area contributed by atoms with Crippen molar-refractivity contribution in [3.05, 3.63) is 59.1 Å². The summed E-state index contributed by atoms with van der Waals surface area (Å²) in [5, 5.41) is 2.60. The molecule has 0 amide bonds. The zero-order chi connectivity index (χ0) is 22.2. The van der Waals surface area contributed by atoms with Gasteiger partial charge < -0.3 is 23.7 Å². The molecule has 3 aromatic rings. The lowest BCUT2D eigenvalue weighted by atomic mass is 10.2. The molecule has 162 valence electrons. The Kier molecular flexibility index (Phi) is 7.50. The van der Waals surface area contributed by atoms with E-state index in [2.05, 4.69) is 4.98 Å². The number of hydrogen-bond acceptors (Lipinski definition) is 8. The number of aromatic nitrogens is 1. The standard InChI is InChI=1S/C23H23NO6S/c1-26-18-10-8-15(12-20(18)28-3)9-11-21(25)30-13-16-14-31-23(24-16)17-6-5-7-19(27-2)22(17)29-4/h5-12,14H,13H2,1-4H3/b11-9+. The van der Waals surface area contributed by atoms with Gasteiger partial charge in [-0.1, -0.05) is 12.1 Å². The van der Waals surface area contributed by atoms with Crippen molar-refractivity contribution in [1.29, 1.82) is 0 Å². The van der Waals surface area contributed by atoms with E-state index in [0.717, 1.165) is 16.1 Å². The maximum Gasteiger partial charge on any atom is 0.331 e. The molecule has 2 aromatic carbocycles. The number of para-hydroxylation sites is 1. The molecule has 0 N–H and O–H groups in total. The second-order valence-corrected chi connectivity index (χ2v) is 7.10. The van der Waals surface area contributed by atoms with Gasteiger partial charge in [-0.3, -0.25) is 0 Å². The Balaban J connectivity index is 1.63. The number of benzene rings is 2. The van der Waals surface area contributed by atoms with Crippen molar-refractivity contribution in [2.45, 2.75) is 6.61 Å². The second-order valence-electron chi connectivity index (χ2n) is 6.24. The number of ether oxygens (including phenoxy) is 5. The van der Waals surface area contributed by atoms with Crippen LogP contribution in [0.1, 0.15) is 11.3 Å². The van der Waals surface area contributed by atoms with Crippen LogP contribution in [0, 0.1) is 0 Å². The minimum Gasteiger partial charge on any atom is -0.493 e. The lowest BCUT2D eigenvalue weighted by Gasteiger charge is -2.10. The first kappa shape index (κ1) is 22.2. The predicted molar refractivity (Wildman–Crippen MR) is 119 cm³/mol. The predicted octanol–water partition coefficient (Wildman–Crippen LogP) is 4.60. The van der Waals surface area contributed by atoms with Crippen LogP contribution in [0.2, 0.25) is 0 Å². The summed E-state index contributed by atoms with van der Waals surface area (Å²) in [4.78, 5) is 16.6. The van der Waals surface area contributed by atoms with Crippen LogP contribution >= 0.6 is 11.3 Å². The van der Waals surface area contributed by atoms with E-state index in [1.807, 2.05) is 29.6 Å². The van der Waals surface area contributed by atoms with Crippen molar-refractivity contribution in [2.24, 2.45) is 0 Å². The second kappa shape index (κ2) is 10.5. The quantitative estimate of drug-likeness (QED) is 0.355. The minimum absolute atomic E-state index is 0.0674. The molecule has 0 aliphatic carbocycles. The Bertz CT molecular complexity index is 1080. The van der Waals surface area contributed by atoms with Crippen molar-refractivity contribution in [3.8, 4) is 33.6 Å². The molecule has 0 bridgehead atoms. The van der Waals surface area contributed by atoms with Crippen molar-refractivity contribution in [3.63, 3.8) is 0 Å². The highest BCUT2D eigenvalue weighted by Gasteiger charge is 2.15. The number of carbonyl (C=O) groups is 1. The molecule has 0 saturated carbocycles. The van der Waals surface area contributed by atoms with Crippen LogP contribution in [0.5, 0.6) is 23.0 Å². The van der Waals surface area contributed by atoms with Gasteiger partial charge in [-0.25, -0.2) is 9.78 Å². The maximum absolute atomic E-state index is 12.1. The topological polar surface area (TPSA) is 76.1 Å². The first-order chi connectivity index (χ1) is 15.1. The fourth-order valence-corrected chi connectivity index (χ4v) is 3.69. The Morgan fingerprint density at radius 1 is 0.968 bits per heavy atom. The molecule has 0 aliphatic heterocycles. The largest absolute Gasteiger partial charge is 0.493 e. The van der Waals surface area contributed by atoms with E-state index < -0.39 is 5.97 Å². The lowest BCUT2D eigenvalue weighted by Crippen LogP contribution is -2.01. The fourth-order valence-electron chi connectivity index (χ4n) is 2.87.